The van der Waals surface area contributed by atoms with E-state index in [1.165, 1.54) is 23.9 Å². The third-order valence-corrected chi connectivity index (χ3v) is 7.58. The highest BCUT2D eigenvalue weighted by Crippen LogP contribution is 2.38. The average molecular weight is 451 g/mol. The van der Waals surface area contributed by atoms with Crippen molar-refractivity contribution in [3.05, 3.63) is 64.8 Å². The fourth-order valence-corrected chi connectivity index (χ4v) is 6.01. The third-order valence-electron chi connectivity index (χ3n) is 7.27. The van der Waals surface area contributed by atoms with Gasteiger partial charge >= 0.3 is 0 Å². The van der Waals surface area contributed by atoms with Gasteiger partial charge in [-0.15, -0.1) is 0 Å². The Morgan fingerprint density at radius 2 is 1.81 bits per heavy atom. The number of aryl methyl sites for hydroxylation is 2. The van der Waals surface area contributed by atoms with Crippen LogP contribution in [0.2, 0.25) is 5.02 Å². The van der Waals surface area contributed by atoms with Gasteiger partial charge in [0.05, 0.1) is 10.5 Å². The van der Waals surface area contributed by atoms with Gasteiger partial charge in [-0.25, -0.2) is 0 Å². The van der Waals surface area contributed by atoms with Gasteiger partial charge in [0, 0.05) is 42.3 Å². The number of benzene rings is 2. The molecule has 2 fully saturated rings. The maximum absolute atomic E-state index is 12.1. The molecule has 1 aromatic heterocycles. The first-order chi connectivity index (χ1) is 15.5. The molecule has 2 atom stereocenters. The third kappa shape index (κ3) is 4.06. The number of halogens is 1. The van der Waals surface area contributed by atoms with E-state index in [0.717, 1.165) is 49.1 Å². The summed E-state index contributed by atoms with van der Waals surface area (Å²) in [7, 11) is 0. The van der Waals surface area contributed by atoms with Gasteiger partial charge in [0.2, 0.25) is 0 Å². The number of hydrogen-bond acceptors (Lipinski definition) is 3. The summed E-state index contributed by atoms with van der Waals surface area (Å²) in [5.41, 5.74) is 3.27. The van der Waals surface area contributed by atoms with Gasteiger partial charge in [-0.2, -0.15) is 0 Å². The highest BCUT2D eigenvalue weighted by molar-refractivity contribution is 6.32. The Labute approximate surface area is 195 Å². The molecule has 0 amide bonds. The summed E-state index contributed by atoms with van der Waals surface area (Å²) in [5, 5.41) is 1.77. The zero-order chi connectivity index (χ0) is 22.2. The van der Waals surface area contributed by atoms with Crippen molar-refractivity contribution in [2.75, 3.05) is 6.54 Å². The number of piperidine rings is 1. The highest BCUT2D eigenvalue weighted by atomic mass is 35.5. The molecule has 5 rings (SSSR count). The maximum atomic E-state index is 12.1. The Balaban J connectivity index is 1.23. The molecule has 32 heavy (non-hydrogen) atoms. The molecule has 2 bridgehead atoms. The van der Waals surface area contributed by atoms with Crippen LogP contribution in [0.1, 0.15) is 54.9 Å². The van der Waals surface area contributed by atoms with Crippen LogP contribution in [-0.2, 0) is 6.54 Å². The molecular formula is C27H31ClN2O2. The molecule has 2 aliphatic rings. The van der Waals surface area contributed by atoms with Crippen LogP contribution in [0.25, 0.3) is 10.9 Å². The molecule has 4 nitrogen and oxygen atoms in total. The molecule has 2 unspecified atom stereocenters. The van der Waals surface area contributed by atoms with Crippen molar-refractivity contribution in [3.63, 3.8) is 0 Å². The number of carbonyl (C=O) groups excluding carboxylic acids is 1. The lowest BCUT2D eigenvalue weighted by Gasteiger charge is -2.39. The van der Waals surface area contributed by atoms with Gasteiger partial charge in [-0.05, 0) is 63.6 Å². The number of Topliss-reactive ketones (excluding diaryl/α,β-unsaturated/α-hetero) is 1. The van der Waals surface area contributed by atoms with Crippen molar-refractivity contribution < 1.29 is 9.53 Å². The lowest BCUT2D eigenvalue weighted by Crippen LogP contribution is -2.46. The smallest absolute Gasteiger partial charge is 0.161 e. The zero-order valence-corrected chi connectivity index (χ0v) is 19.6. The van der Waals surface area contributed by atoms with E-state index in [0.29, 0.717) is 17.1 Å². The quantitative estimate of drug-likeness (QED) is 0.398. The van der Waals surface area contributed by atoms with Crippen molar-refractivity contribution in [2.45, 2.75) is 70.7 Å². The minimum Gasteiger partial charge on any atom is -0.489 e. The van der Waals surface area contributed by atoms with Crippen LogP contribution in [0.4, 0.5) is 0 Å². The number of para-hydroxylation sites is 2. The monoisotopic (exact) mass is 450 g/mol. The Bertz CT molecular complexity index is 1120. The van der Waals surface area contributed by atoms with Gasteiger partial charge in [0.1, 0.15) is 11.9 Å². The first-order valence-electron chi connectivity index (χ1n) is 11.8. The molecule has 3 heterocycles. The van der Waals surface area contributed by atoms with Gasteiger partial charge in [0.25, 0.3) is 0 Å². The number of aromatic nitrogens is 1. The van der Waals surface area contributed by atoms with Crippen LogP contribution in [0, 0.1) is 6.92 Å². The standard InChI is InChI=1S/C27H31ClN2O2/c1-18-7-5-8-23-24(19(2)31)17-29(27(18)23)13-6-14-30-20-11-12-21(30)16-22(15-20)32-26-10-4-3-9-25(26)28/h3-5,7-10,17,20-22H,6,11-16H2,1-2H3. The van der Waals surface area contributed by atoms with Crippen molar-refractivity contribution in [1.82, 2.24) is 9.47 Å². The molecule has 0 aliphatic carbocycles. The normalized spacial score (nSPS) is 23.0. The van der Waals surface area contributed by atoms with Crippen molar-refractivity contribution >= 4 is 28.3 Å². The predicted octanol–water partition coefficient (Wildman–Crippen LogP) is 6.27. The molecular weight excluding hydrogens is 420 g/mol. The highest BCUT2D eigenvalue weighted by Gasteiger charge is 2.41. The molecule has 0 saturated carbocycles. The van der Waals surface area contributed by atoms with Crippen LogP contribution < -0.4 is 4.74 Å². The Kier molecular flexibility index (Phi) is 6.00. The number of ether oxygens (including phenoxy) is 1. The topological polar surface area (TPSA) is 34.5 Å². The van der Waals surface area contributed by atoms with Crippen molar-refractivity contribution in [1.29, 1.82) is 0 Å². The van der Waals surface area contributed by atoms with Crippen LogP contribution in [0.15, 0.2) is 48.7 Å². The number of nitrogens with zero attached hydrogens (tertiary/aromatic N) is 2. The van der Waals surface area contributed by atoms with Crippen molar-refractivity contribution in [3.8, 4) is 5.75 Å². The fraction of sp³-hybridized carbons (Fsp3) is 0.444. The second kappa shape index (κ2) is 8.92. The van der Waals surface area contributed by atoms with Gasteiger partial charge in [0.15, 0.2) is 5.78 Å². The second-order valence-electron chi connectivity index (χ2n) is 9.38. The molecule has 0 spiro atoms. The predicted molar refractivity (Wildman–Crippen MR) is 130 cm³/mol. The van der Waals surface area contributed by atoms with Gasteiger partial charge in [-0.3, -0.25) is 9.69 Å². The van der Waals surface area contributed by atoms with Crippen LogP contribution in [-0.4, -0.2) is 40.0 Å². The van der Waals surface area contributed by atoms with E-state index in [-0.39, 0.29) is 11.9 Å². The summed E-state index contributed by atoms with van der Waals surface area (Å²) in [5.74, 6) is 0.945. The molecule has 2 aromatic carbocycles. The van der Waals surface area contributed by atoms with Crippen LogP contribution >= 0.6 is 11.6 Å². The molecule has 168 valence electrons. The maximum Gasteiger partial charge on any atom is 0.161 e. The molecule has 0 radical (unpaired) electrons. The number of fused-ring (bicyclic) bond motifs is 3. The van der Waals surface area contributed by atoms with Crippen LogP contribution in [0.3, 0.4) is 0 Å². The summed E-state index contributed by atoms with van der Waals surface area (Å²) in [6, 6.07) is 15.2. The SMILES string of the molecule is CC(=O)c1cn(CCCN2C3CCC2CC(Oc2ccccc2Cl)C3)c2c(C)cccc12. The number of rotatable bonds is 7. The largest absolute Gasteiger partial charge is 0.489 e. The molecule has 0 N–H and O–H groups in total. The van der Waals surface area contributed by atoms with E-state index >= 15 is 0 Å². The van der Waals surface area contributed by atoms with E-state index in [1.54, 1.807) is 6.92 Å². The van der Waals surface area contributed by atoms with E-state index in [2.05, 4.69) is 34.7 Å². The molecule has 3 aromatic rings. The number of hydrogen-bond donors (Lipinski definition) is 0. The number of ketones is 1. The van der Waals surface area contributed by atoms with E-state index in [1.807, 2.05) is 30.3 Å². The number of carbonyl (C=O) groups is 1. The Morgan fingerprint density at radius 1 is 1.06 bits per heavy atom. The lowest BCUT2D eigenvalue weighted by molar-refractivity contribution is 0.0482. The minimum atomic E-state index is 0.137. The Hall–Kier alpha value is -2.30. The average Bonchev–Trinajstić information content (AvgIpc) is 3.25. The van der Waals surface area contributed by atoms with Crippen molar-refractivity contribution in [2.24, 2.45) is 0 Å². The fourth-order valence-electron chi connectivity index (χ4n) is 5.83. The van der Waals surface area contributed by atoms with E-state index in [4.69, 9.17) is 16.3 Å². The van der Waals surface area contributed by atoms with E-state index < -0.39 is 0 Å². The summed E-state index contributed by atoms with van der Waals surface area (Å²) in [6.07, 6.45) is 8.04. The summed E-state index contributed by atoms with van der Waals surface area (Å²) in [4.78, 5) is 14.8. The molecule has 5 heteroatoms. The van der Waals surface area contributed by atoms with Gasteiger partial charge in [-0.1, -0.05) is 41.9 Å². The first kappa shape index (κ1) is 21.5. The molecule has 2 saturated heterocycles. The summed E-state index contributed by atoms with van der Waals surface area (Å²) in [6.45, 7) is 5.82. The first-order valence-corrected chi connectivity index (χ1v) is 12.2. The van der Waals surface area contributed by atoms with E-state index in [9.17, 15) is 4.79 Å². The summed E-state index contributed by atoms with van der Waals surface area (Å²) >= 11 is 6.30. The Morgan fingerprint density at radius 3 is 2.53 bits per heavy atom. The zero-order valence-electron chi connectivity index (χ0n) is 18.9. The second-order valence-corrected chi connectivity index (χ2v) is 9.79. The summed E-state index contributed by atoms with van der Waals surface area (Å²) < 4.78 is 8.57. The van der Waals surface area contributed by atoms with Gasteiger partial charge < -0.3 is 9.30 Å². The lowest BCUT2D eigenvalue weighted by atomic mass is 9.99. The minimum absolute atomic E-state index is 0.137. The van der Waals surface area contributed by atoms with Crippen LogP contribution in [0.5, 0.6) is 5.75 Å². The molecule has 2 aliphatic heterocycles.